The molecule has 29 heavy (non-hydrogen) atoms. The number of rotatable bonds is 3. The fourth-order valence-corrected chi connectivity index (χ4v) is 4.69. The average molecular weight is 402 g/mol. The Morgan fingerprint density at radius 2 is 1.90 bits per heavy atom. The first-order valence-corrected chi connectivity index (χ1v) is 9.54. The highest BCUT2D eigenvalue weighted by molar-refractivity contribution is 6.09. The van der Waals surface area contributed by atoms with Gasteiger partial charge in [-0.25, -0.2) is 4.79 Å². The third kappa shape index (κ3) is 4.18. The second-order valence-corrected chi connectivity index (χ2v) is 8.78. The van der Waals surface area contributed by atoms with Crippen LogP contribution in [-0.4, -0.2) is 45.8 Å². The maximum atomic E-state index is 13.0. The van der Waals surface area contributed by atoms with Gasteiger partial charge < -0.3 is 10.4 Å². The standard InChI is InChI=1S/C20H26N4O5/c1-12-8-19(2,3)11-20(9-12)17(28)24(18(29)21-20)10-15(26)22-23-16(27)13-6-4-5-7-14(13)25/h4-7,12,25H,8-11H2,1-3H3,(H,21,29)(H,22,26)(H,23,27). The van der Waals surface area contributed by atoms with Crippen molar-refractivity contribution in [2.24, 2.45) is 11.3 Å². The Labute approximate surface area is 168 Å². The van der Waals surface area contributed by atoms with Crippen molar-refractivity contribution in [3.63, 3.8) is 0 Å². The molecule has 0 aromatic heterocycles. The SMILES string of the molecule is CC1CC(C)(C)CC2(C1)NC(=O)N(CC(=O)NNC(=O)c1ccccc1O)C2=O. The van der Waals surface area contributed by atoms with Gasteiger partial charge in [0.25, 0.3) is 17.7 Å². The van der Waals surface area contributed by atoms with Crippen LogP contribution < -0.4 is 16.2 Å². The smallest absolute Gasteiger partial charge is 0.325 e. The van der Waals surface area contributed by atoms with Crippen LogP contribution in [0.25, 0.3) is 0 Å². The van der Waals surface area contributed by atoms with E-state index in [0.717, 1.165) is 11.3 Å². The summed E-state index contributed by atoms with van der Waals surface area (Å²) < 4.78 is 0. The Hall–Kier alpha value is -3.10. The van der Waals surface area contributed by atoms with Gasteiger partial charge >= 0.3 is 6.03 Å². The molecule has 2 atom stereocenters. The summed E-state index contributed by atoms with van der Waals surface area (Å²) in [5, 5.41) is 12.5. The lowest BCUT2D eigenvalue weighted by Crippen LogP contribution is -2.54. The van der Waals surface area contributed by atoms with Crippen LogP contribution in [0.15, 0.2) is 24.3 Å². The van der Waals surface area contributed by atoms with E-state index < -0.39 is 35.8 Å². The summed E-state index contributed by atoms with van der Waals surface area (Å²) in [4.78, 5) is 50.6. The van der Waals surface area contributed by atoms with Crippen molar-refractivity contribution in [2.45, 2.75) is 45.6 Å². The number of phenolic OH excluding ortho intramolecular Hbond substituents is 1. The number of hydrogen-bond donors (Lipinski definition) is 4. The quantitative estimate of drug-likeness (QED) is 0.447. The highest BCUT2D eigenvalue weighted by Gasteiger charge is 2.56. The summed E-state index contributed by atoms with van der Waals surface area (Å²) in [5.41, 5.74) is 3.23. The second kappa shape index (κ2) is 7.38. The number of hydrogen-bond acceptors (Lipinski definition) is 5. The highest BCUT2D eigenvalue weighted by atomic mass is 16.3. The fraction of sp³-hybridized carbons (Fsp3) is 0.500. The lowest BCUT2D eigenvalue weighted by molar-refractivity contribution is -0.137. The lowest BCUT2D eigenvalue weighted by Gasteiger charge is -2.43. The number of aromatic hydroxyl groups is 1. The number of hydrazine groups is 1. The Morgan fingerprint density at radius 3 is 2.55 bits per heavy atom. The van der Waals surface area contributed by atoms with E-state index in [1.807, 2.05) is 6.92 Å². The molecule has 0 radical (unpaired) electrons. The van der Waals surface area contributed by atoms with Crippen LogP contribution in [0, 0.1) is 11.3 Å². The molecule has 2 aliphatic rings. The predicted octanol–water partition coefficient (Wildman–Crippen LogP) is 1.29. The van der Waals surface area contributed by atoms with Gasteiger partial charge in [-0.15, -0.1) is 0 Å². The van der Waals surface area contributed by atoms with E-state index in [1.54, 1.807) is 12.1 Å². The number of carbonyl (C=O) groups excluding carboxylic acids is 4. The molecule has 0 bridgehead atoms. The lowest BCUT2D eigenvalue weighted by atomic mass is 9.64. The number of phenols is 1. The van der Waals surface area contributed by atoms with Crippen molar-refractivity contribution < 1.29 is 24.3 Å². The monoisotopic (exact) mass is 402 g/mol. The topological polar surface area (TPSA) is 128 Å². The Balaban J connectivity index is 1.62. The zero-order valence-electron chi connectivity index (χ0n) is 16.7. The molecular formula is C20H26N4O5. The number of para-hydroxylation sites is 1. The molecule has 1 saturated heterocycles. The van der Waals surface area contributed by atoms with Crippen LogP contribution in [0.3, 0.4) is 0 Å². The number of amides is 5. The molecule has 1 heterocycles. The molecule has 2 unspecified atom stereocenters. The minimum atomic E-state index is -0.988. The number of carbonyl (C=O) groups is 4. The van der Waals surface area contributed by atoms with Crippen LogP contribution in [0.4, 0.5) is 4.79 Å². The molecule has 1 spiro atoms. The molecule has 5 amide bonds. The first kappa shape index (κ1) is 20.6. The number of benzene rings is 1. The van der Waals surface area contributed by atoms with Crippen molar-refractivity contribution >= 4 is 23.8 Å². The van der Waals surface area contributed by atoms with Crippen LogP contribution in [0.5, 0.6) is 5.75 Å². The molecule has 1 aromatic rings. The summed E-state index contributed by atoms with van der Waals surface area (Å²) in [6.45, 7) is 5.66. The first-order valence-electron chi connectivity index (χ1n) is 9.54. The zero-order chi connectivity index (χ0) is 21.4. The summed E-state index contributed by atoms with van der Waals surface area (Å²) in [7, 11) is 0. The highest BCUT2D eigenvalue weighted by Crippen LogP contribution is 2.46. The third-order valence-corrected chi connectivity index (χ3v) is 5.39. The van der Waals surface area contributed by atoms with Crippen molar-refractivity contribution in [3.05, 3.63) is 29.8 Å². The summed E-state index contributed by atoms with van der Waals surface area (Å²) in [6.07, 6.45) is 2.00. The third-order valence-electron chi connectivity index (χ3n) is 5.39. The van der Waals surface area contributed by atoms with Gasteiger partial charge in [0.05, 0.1) is 5.56 Å². The van der Waals surface area contributed by atoms with Gasteiger partial charge in [-0.05, 0) is 42.7 Å². The molecular weight excluding hydrogens is 376 g/mol. The van der Waals surface area contributed by atoms with Gasteiger partial charge in [0.2, 0.25) is 0 Å². The van der Waals surface area contributed by atoms with E-state index in [9.17, 15) is 24.3 Å². The van der Waals surface area contributed by atoms with E-state index in [-0.39, 0.29) is 22.6 Å². The maximum Gasteiger partial charge on any atom is 0.325 e. The Kier molecular flexibility index (Phi) is 5.25. The first-order chi connectivity index (χ1) is 13.5. The summed E-state index contributed by atoms with van der Waals surface area (Å²) in [6, 6.07) is 5.25. The van der Waals surface area contributed by atoms with E-state index in [4.69, 9.17) is 0 Å². The van der Waals surface area contributed by atoms with Crippen molar-refractivity contribution in [1.82, 2.24) is 21.1 Å². The van der Waals surface area contributed by atoms with Gasteiger partial charge in [0.15, 0.2) is 0 Å². The molecule has 1 aromatic carbocycles. The van der Waals surface area contributed by atoms with Gasteiger partial charge in [-0.1, -0.05) is 32.9 Å². The van der Waals surface area contributed by atoms with Crippen molar-refractivity contribution in [3.8, 4) is 5.75 Å². The van der Waals surface area contributed by atoms with Crippen LogP contribution in [0.2, 0.25) is 0 Å². The Morgan fingerprint density at radius 1 is 1.21 bits per heavy atom. The van der Waals surface area contributed by atoms with Gasteiger partial charge in [-0.2, -0.15) is 0 Å². The van der Waals surface area contributed by atoms with Crippen LogP contribution in [0.1, 0.15) is 50.4 Å². The minimum absolute atomic E-state index is 0.0137. The fourth-order valence-electron chi connectivity index (χ4n) is 4.69. The normalized spacial score (nSPS) is 25.6. The molecule has 3 rings (SSSR count). The number of nitrogens with zero attached hydrogens (tertiary/aromatic N) is 1. The van der Waals surface area contributed by atoms with Crippen molar-refractivity contribution in [1.29, 1.82) is 0 Å². The molecule has 1 aliphatic carbocycles. The maximum absolute atomic E-state index is 13.0. The van der Waals surface area contributed by atoms with E-state index >= 15 is 0 Å². The molecule has 1 aliphatic heterocycles. The number of imide groups is 1. The average Bonchev–Trinajstić information content (AvgIpc) is 2.81. The van der Waals surface area contributed by atoms with Crippen LogP contribution in [-0.2, 0) is 9.59 Å². The molecule has 156 valence electrons. The van der Waals surface area contributed by atoms with Gasteiger partial charge in [0, 0.05) is 0 Å². The largest absolute Gasteiger partial charge is 0.507 e. The van der Waals surface area contributed by atoms with Gasteiger partial charge in [0.1, 0.15) is 17.8 Å². The summed E-state index contributed by atoms with van der Waals surface area (Å²) in [5.74, 6) is -1.83. The van der Waals surface area contributed by atoms with E-state index in [2.05, 4.69) is 30.0 Å². The minimum Gasteiger partial charge on any atom is -0.507 e. The number of nitrogens with one attached hydrogen (secondary N) is 3. The van der Waals surface area contributed by atoms with Crippen LogP contribution >= 0.6 is 0 Å². The molecule has 4 N–H and O–H groups in total. The molecule has 2 fully saturated rings. The van der Waals surface area contributed by atoms with Crippen molar-refractivity contribution in [2.75, 3.05) is 6.54 Å². The molecule has 9 nitrogen and oxygen atoms in total. The van der Waals surface area contributed by atoms with E-state index in [0.29, 0.717) is 12.8 Å². The molecule has 9 heteroatoms. The number of urea groups is 1. The molecule has 1 saturated carbocycles. The predicted molar refractivity (Wildman–Crippen MR) is 103 cm³/mol. The zero-order valence-corrected chi connectivity index (χ0v) is 16.7. The summed E-state index contributed by atoms with van der Waals surface area (Å²) >= 11 is 0. The van der Waals surface area contributed by atoms with E-state index in [1.165, 1.54) is 12.1 Å². The van der Waals surface area contributed by atoms with Gasteiger partial charge in [-0.3, -0.25) is 30.1 Å². The second-order valence-electron chi connectivity index (χ2n) is 8.78. The Bertz CT molecular complexity index is 868.